The molecule has 1 amide bonds. The first-order chi connectivity index (χ1) is 8.47. The van der Waals surface area contributed by atoms with Gasteiger partial charge in [0.1, 0.15) is 0 Å². The SMILES string of the molecule is CC(C)[C@@H]1CC[C@@H](C)C[C@H]1C(=O)N(Cl)CCCN. The first-order valence-electron chi connectivity index (χ1n) is 7.14. The third-order valence-corrected chi connectivity index (χ3v) is 4.47. The van der Waals surface area contributed by atoms with Crippen molar-refractivity contribution in [3.63, 3.8) is 0 Å². The Bertz CT molecular complexity index is 271. The van der Waals surface area contributed by atoms with Crippen molar-refractivity contribution in [3.8, 4) is 0 Å². The zero-order chi connectivity index (χ0) is 13.7. The van der Waals surface area contributed by atoms with Gasteiger partial charge in [0.2, 0.25) is 5.91 Å². The van der Waals surface area contributed by atoms with Gasteiger partial charge in [-0.05, 0) is 43.6 Å². The van der Waals surface area contributed by atoms with Crippen LogP contribution >= 0.6 is 11.8 Å². The largest absolute Gasteiger partial charge is 0.330 e. The summed E-state index contributed by atoms with van der Waals surface area (Å²) in [6.45, 7) is 7.78. The van der Waals surface area contributed by atoms with Gasteiger partial charge in [-0.3, -0.25) is 9.21 Å². The molecule has 0 aliphatic heterocycles. The number of hydrogen-bond acceptors (Lipinski definition) is 2. The topological polar surface area (TPSA) is 46.3 Å². The highest BCUT2D eigenvalue weighted by molar-refractivity contribution is 6.21. The van der Waals surface area contributed by atoms with Crippen LogP contribution in [0, 0.1) is 23.7 Å². The van der Waals surface area contributed by atoms with Crippen LogP contribution < -0.4 is 5.73 Å². The molecule has 0 bridgehead atoms. The van der Waals surface area contributed by atoms with Gasteiger partial charge in [-0.1, -0.05) is 27.2 Å². The van der Waals surface area contributed by atoms with E-state index in [4.69, 9.17) is 17.5 Å². The summed E-state index contributed by atoms with van der Waals surface area (Å²) in [5, 5.41) is 0. The summed E-state index contributed by atoms with van der Waals surface area (Å²) in [6.07, 6.45) is 4.13. The van der Waals surface area contributed by atoms with Crippen LogP contribution in [-0.4, -0.2) is 23.4 Å². The van der Waals surface area contributed by atoms with Crippen molar-refractivity contribution in [3.05, 3.63) is 0 Å². The Balaban J connectivity index is 2.66. The maximum absolute atomic E-state index is 12.4. The average Bonchev–Trinajstić information content (AvgIpc) is 2.34. The lowest BCUT2D eigenvalue weighted by Crippen LogP contribution is -2.39. The number of carbonyl (C=O) groups excluding carboxylic acids is 1. The Morgan fingerprint density at radius 1 is 1.44 bits per heavy atom. The Morgan fingerprint density at radius 3 is 2.67 bits per heavy atom. The molecular formula is C14H27ClN2O. The number of halogens is 1. The first-order valence-corrected chi connectivity index (χ1v) is 7.48. The van der Waals surface area contributed by atoms with Gasteiger partial charge in [0.05, 0.1) is 0 Å². The molecule has 3 nitrogen and oxygen atoms in total. The van der Waals surface area contributed by atoms with Crippen LogP contribution in [0.2, 0.25) is 0 Å². The Morgan fingerprint density at radius 2 is 2.11 bits per heavy atom. The quantitative estimate of drug-likeness (QED) is 0.784. The lowest BCUT2D eigenvalue weighted by atomic mass is 9.70. The van der Waals surface area contributed by atoms with E-state index in [-0.39, 0.29) is 11.8 Å². The van der Waals surface area contributed by atoms with Gasteiger partial charge in [-0.2, -0.15) is 0 Å². The van der Waals surface area contributed by atoms with Crippen LogP contribution in [0.4, 0.5) is 0 Å². The van der Waals surface area contributed by atoms with E-state index in [9.17, 15) is 4.79 Å². The smallest absolute Gasteiger partial charge is 0.240 e. The fraction of sp³-hybridized carbons (Fsp3) is 0.929. The number of nitrogens with zero attached hydrogens (tertiary/aromatic N) is 1. The zero-order valence-electron chi connectivity index (χ0n) is 11.9. The van der Waals surface area contributed by atoms with E-state index in [0.717, 1.165) is 19.3 Å². The Hall–Kier alpha value is -0.280. The molecule has 0 aromatic carbocycles. The molecule has 0 radical (unpaired) electrons. The Labute approximate surface area is 116 Å². The number of rotatable bonds is 5. The van der Waals surface area contributed by atoms with E-state index >= 15 is 0 Å². The lowest BCUT2D eigenvalue weighted by molar-refractivity contribution is -0.135. The third-order valence-electron chi connectivity index (χ3n) is 4.14. The van der Waals surface area contributed by atoms with Crippen molar-refractivity contribution in [1.82, 2.24) is 4.42 Å². The fourth-order valence-electron chi connectivity index (χ4n) is 3.01. The summed E-state index contributed by atoms with van der Waals surface area (Å²) < 4.78 is 1.37. The van der Waals surface area contributed by atoms with Gasteiger partial charge in [0, 0.05) is 24.2 Å². The van der Waals surface area contributed by atoms with E-state index in [1.165, 1.54) is 10.8 Å². The molecule has 1 aliphatic carbocycles. The summed E-state index contributed by atoms with van der Waals surface area (Å²) in [5.41, 5.74) is 5.46. The maximum Gasteiger partial charge on any atom is 0.240 e. The minimum atomic E-state index is 0.101. The minimum Gasteiger partial charge on any atom is -0.330 e. The summed E-state index contributed by atoms with van der Waals surface area (Å²) in [4.78, 5) is 12.4. The Kier molecular flexibility index (Phi) is 6.44. The number of amides is 1. The number of carbonyl (C=O) groups is 1. The molecule has 0 saturated heterocycles. The lowest BCUT2D eigenvalue weighted by Gasteiger charge is -2.37. The highest BCUT2D eigenvalue weighted by Crippen LogP contribution is 2.39. The van der Waals surface area contributed by atoms with E-state index in [1.807, 2.05) is 0 Å². The summed E-state index contributed by atoms with van der Waals surface area (Å²) in [7, 11) is 0. The van der Waals surface area contributed by atoms with Crippen LogP contribution in [0.25, 0.3) is 0 Å². The summed E-state index contributed by atoms with van der Waals surface area (Å²) in [6, 6.07) is 0. The van der Waals surface area contributed by atoms with Crippen LogP contribution in [0.5, 0.6) is 0 Å². The van der Waals surface area contributed by atoms with Crippen molar-refractivity contribution in [2.45, 2.75) is 46.5 Å². The second-order valence-electron chi connectivity index (χ2n) is 6.00. The molecule has 1 rings (SSSR count). The summed E-state index contributed by atoms with van der Waals surface area (Å²) in [5.74, 6) is 1.87. The van der Waals surface area contributed by atoms with Gasteiger partial charge < -0.3 is 5.73 Å². The van der Waals surface area contributed by atoms with E-state index in [0.29, 0.717) is 30.8 Å². The molecule has 0 aromatic rings. The van der Waals surface area contributed by atoms with Crippen molar-refractivity contribution >= 4 is 17.7 Å². The van der Waals surface area contributed by atoms with Crippen LogP contribution in [0.3, 0.4) is 0 Å². The second kappa shape index (κ2) is 7.34. The molecule has 4 heteroatoms. The van der Waals surface area contributed by atoms with Gasteiger partial charge >= 0.3 is 0 Å². The fourth-order valence-corrected chi connectivity index (χ4v) is 3.25. The first kappa shape index (κ1) is 15.8. The molecular weight excluding hydrogens is 248 g/mol. The molecule has 0 aromatic heterocycles. The highest BCUT2D eigenvalue weighted by Gasteiger charge is 2.37. The maximum atomic E-state index is 12.4. The monoisotopic (exact) mass is 274 g/mol. The van der Waals surface area contributed by atoms with Crippen molar-refractivity contribution in [2.24, 2.45) is 29.4 Å². The minimum absolute atomic E-state index is 0.101. The van der Waals surface area contributed by atoms with Gasteiger partial charge in [-0.15, -0.1) is 0 Å². The van der Waals surface area contributed by atoms with Crippen LogP contribution in [0.15, 0.2) is 0 Å². The standard InChI is InChI=1S/C14H27ClN2O/c1-10(2)12-6-5-11(3)9-13(12)14(18)17(15)8-4-7-16/h10-13H,4-9,16H2,1-3H3/t11-,12+,13-/m1/s1. The molecule has 1 fully saturated rings. The molecule has 0 heterocycles. The third kappa shape index (κ3) is 4.13. The van der Waals surface area contributed by atoms with Crippen LogP contribution in [0.1, 0.15) is 46.5 Å². The normalized spacial score (nSPS) is 28.4. The number of nitrogens with two attached hydrogens (primary N) is 1. The van der Waals surface area contributed by atoms with Crippen LogP contribution in [-0.2, 0) is 4.79 Å². The van der Waals surface area contributed by atoms with E-state index in [1.54, 1.807) is 0 Å². The van der Waals surface area contributed by atoms with Gasteiger partial charge in [0.15, 0.2) is 0 Å². The van der Waals surface area contributed by atoms with Gasteiger partial charge in [0.25, 0.3) is 0 Å². The molecule has 1 saturated carbocycles. The van der Waals surface area contributed by atoms with Crippen molar-refractivity contribution in [2.75, 3.05) is 13.1 Å². The predicted octanol–water partition coefficient (Wildman–Crippen LogP) is 3.03. The van der Waals surface area contributed by atoms with Gasteiger partial charge in [-0.25, -0.2) is 0 Å². The second-order valence-corrected chi connectivity index (χ2v) is 6.41. The zero-order valence-corrected chi connectivity index (χ0v) is 12.6. The highest BCUT2D eigenvalue weighted by atomic mass is 35.5. The predicted molar refractivity (Wildman–Crippen MR) is 76.1 cm³/mol. The van der Waals surface area contributed by atoms with Crippen molar-refractivity contribution in [1.29, 1.82) is 0 Å². The average molecular weight is 275 g/mol. The number of hydrogen-bond donors (Lipinski definition) is 1. The molecule has 2 N–H and O–H groups in total. The summed E-state index contributed by atoms with van der Waals surface area (Å²) >= 11 is 6.09. The van der Waals surface area contributed by atoms with E-state index in [2.05, 4.69) is 20.8 Å². The molecule has 1 aliphatic rings. The van der Waals surface area contributed by atoms with E-state index < -0.39 is 0 Å². The molecule has 106 valence electrons. The van der Waals surface area contributed by atoms with Crippen molar-refractivity contribution < 1.29 is 4.79 Å². The molecule has 18 heavy (non-hydrogen) atoms. The molecule has 0 unspecified atom stereocenters. The molecule has 3 atom stereocenters. The molecule has 0 spiro atoms.